The summed E-state index contributed by atoms with van der Waals surface area (Å²) in [6.07, 6.45) is 0. The average Bonchev–Trinajstić information content (AvgIpc) is 2.59. The van der Waals surface area contributed by atoms with Crippen LogP contribution in [0.5, 0.6) is 17.2 Å². The fourth-order valence-electron chi connectivity index (χ4n) is 2.33. The van der Waals surface area contributed by atoms with Gasteiger partial charge < -0.3 is 18.9 Å². The highest BCUT2D eigenvalue weighted by atomic mass is 79.9. The summed E-state index contributed by atoms with van der Waals surface area (Å²) >= 11 is 3.52. The molecule has 0 saturated carbocycles. The van der Waals surface area contributed by atoms with E-state index in [-0.39, 0.29) is 0 Å². The standard InChI is InChI=1S/C20H25BrO4/c1-14-5-6-18(20(11-14)22-4)24-9-7-23-8-10-25-19-13-15(2)17(21)12-16(19)3/h5-6,11-13H,7-10H2,1-4H3. The molecule has 0 unspecified atom stereocenters. The first-order valence-corrected chi connectivity index (χ1v) is 9.05. The zero-order valence-electron chi connectivity index (χ0n) is 15.2. The minimum atomic E-state index is 0.468. The summed E-state index contributed by atoms with van der Waals surface area (Å²) in [4.78, 5) is 0. The molecule has 136 valence electrons. The third-order valence-corrected chi connectivity index (χ3v) is 4.60. The largest absolute Gasteiger partial charge is 0.493 e. The van der Waals surface area contributed by atoms with E-state index in [4.69, 9.17) is 18.9 Å². The second-order valence-electron chi connectivity index (χ2n) is 5.83. The number of hydrogen-bond acceptors (Lipinski definition) is 4. The molecular weight excluding hydrogens is 384 g/mol. The molecule has 0 fully saturated rings. The topological polar surface area (TPSA) is 36.9 Å². The van der Waals surface area contributed by atoms with Crippen molar-refractivity contribution in [1.29, 1.82) is 0 Å². The Balaban J connectivity index is 1.67. The van der Waals surface area contributed by atoms with Crippen LogP contribution >= 0.6 is 15.9 Å². The molecule has 4 nitrogen and oxygen atoms in total. The van der Waals surface area contributed by atoms with Gasteiger partial charge in [-0.25, -0.2) is 0 Å². The van der Waals surface area contributed by atoms with Gasteiger partial charge in [0.25, 0.3) is 0 Å². The Morgan fingerprint density at radius 2 is 1.44 bits per heavy atom. The molecule has 5 heteroatoms. The van der Waals surface area contributed by atoms with Crippen LogP contribution in [0.25, 0.3) is 0 Å². The van der Waals surface area contributed by atoms with E-state index in [1.807, 2.05) is 45.0 Å². The van der Waals surface area contributed by atoms with Gasteiger partial charge in [0.15, 0.2) is 11.5 Å². The van der Waals surface area contributed by atoms with Crippen molar-refractivity contribution in [3.8, 4) is 17.2 Å². The van der Waals surface area contributed by atoms with Crippen LogP contribution in [-0.4, -0.2) is 33.5 Å². The van der Waals surface area contributed by atoms with Gasteiger partial charge in [-0.15, -0.1) is 0 Å². The van der Waals surface area contributed by atoms with Gasteiger partial charge in [-0.2, -0.15) is 0 Å². The Kier molecular flexibility index (Phi) is 7.59. The normalized spacial score (nSPS) is 10.6. The summed E-state index contributed by atoms with van der Waals surface area (Å²) < 4.78 is 23.5. The third kappa shape index (κ3) is 5.94. The van der Waals surface area contributed by atoms with Crippen LogP contribution in [0.15, 0.2) is 34.8 Å². The van der Waals surface area contributed by atoms with Crippen molar-refractivity contribution in [3.05, 3.63) is 51.5 Å². The average molecular weight is 409 g/mol. The maximum absolute atomic E-state index is 5.78. The van der Waals surface area contributed by atoms with Crippen LogP contribution in [0.2, 0.25) is 0 Å². The Labute approximate surface area is 158 Å². The maximum Gasteiger partial charge on any atom is 0.161 e. The predicted octanol–water partition coefficient (Wildman–Crippen LogP) is 4.86. The molecule has 0 aromatic heterocycles. The summed E-state index contributed by atoms with van der Waals surface area (Å²) in [5, 5.41) is 0. The molecule has 25 heavy (non-hydrogen) atoms. The minimum Gasteiger partial charge on any atom is -0.493 e. The maximum atomic E-state index is 5.78. The Bertz CT molecular complexity index is 700. The van der Waals surface area contributed by atoms with E-state index < -0.39 is 0 Å². The van der Waals surface area contributed by atoms with E-state index in [1.165, 1.54) is 0 Å². The highest BCUT2D eigenvalue weighted by Crippen LogP contribution is 2.28. The van der Waals surface area contributed by atoms with Gasteiger partial charge in [0, 0.05) is 4.47 Å². The molecule has 0 aliphatic rings. The predicted molar refractivity (Wildman–Crippen MR) is 103 cm³/mol. The lowest BCUT2D eigenvalue weighted by Gasteiger charge is -2.13. The number of rotatable bonds is 9. The number of ether oxygens (including phenoxy) is 4. The van der Waals surface area contributed by atoms with Gasteiger partial charge in [-0.3, -0.25) is 0 Å². The van der Waals surface area contributed by atoms with Crippen LogP contribution in [-0.2, 0) is 4.74 Å². The zero-order valence-corrected chi connectivity index (χ0v) is 16.8. The van der Waals surface area contributed by atoms with Gasteiger partial charge in [-0.1, -0.05) is 22.0 Å². The quantitative estimate of drug-likeness (QED) is 0.555. The van der Waals surface area contributed by atoms with E-state index >= 15 is 0 Å². The van der Waals surface area contributed by atoms with Crippen molar-refractivity contribution in [2.45, 2.75) is 20.8 Å². The first-order valence-electron chi connectivity index (χ1n) is 8.26. The van der Waals surface area contributed by atoms with E-state index in [1.54, 1.807) is 7.11 Å². The molecule has 0 N–H and O–H groups in total. The van der Waals surface area contributed by atoms with Crippen molar-refractivity contribution in [1.82, 2.24) is 0 Å². The van der Waals surface area contributed by atoms with Crippen LogP contribution in [0.1, 0.15) is 16.7 Å². The molecule has 2 aromatic carbocycles. The van der Waals surface area contributed by atoms with E-state index in [0.29, 0.717) is 26.4 Å². The summed E-state index contributed by atoms with van der Waals surface area (Å²) in [5.41, 5.74) is 3.39. The number of hydrogen-bond donors (Lipinski definition) is 0. The van der Waals surface area contributed by atoms with Crippen molar-refractivity contribution in [2.24, 2.45) is 0 Å². The van der Waals surface area contributed by atoms with Crippen molar-refractivity contribution < 1.29 is 18.9 Å². The van der Waals surface area contributed by atoms with Crippen LogP contribution in [0, 0.1) is 20.8 Å². The Morgan fingerprint density at radius 3 is 2.12 bits per heavy atom. The first kappa shape index (κ1) is 19.6. The molecule has 2 rings (SSSR count). The fraction of sp³-hybridized carbons (Fsp3) is 0.400. The molecule has 0 aliphatic heterocycles. The lowest BCUT2D eigenvalue weighted by atomic mass is 10.1. The smallest absolute Gasteiger partial charge is 0.161 e. The second kappa shape index (κ2) is 9.68. The lowest BCUT2D eigenvalue weighted by molar-refractivity contribution is 0.0755. The number of aryl methyl sites for hydroxylation is 3. The van der Waals surface area contributed by atoms with Crippen molar-refractivity contribution >= 4 is 15.9 Å². The molecule has 0 saturated heterocycles. The van der Waals surface area contributed by atoms with Gasteiger partial charge in [-0.05, 0) is 61.7 Å². The summed E-state index contributed by atoms with van der Waals surface area (Å²) in [5.74, 6) is 2.36. The zero-order chi connectivity index (χ0) is 18.2. The molecular formula is C20H25BrO4. The molecule has 0 atom stereocenters. The molecule has 0 bridgehead atoms. The molecule has 0 radical (unpaired) electrons. The first-order chi connectivity index (χ1) is 12.0. The summed E-state index contributed by atoms with van der Waals surface area (Å²) in [7, 11) is 1.64. The second-order valence-corrected chi connectivity index (χ2v) is 6.68. The van der Waals surface area contributed by atoms with Crippen LogP contribution < -0.4 is 14.2 Å². The molecule has 0 aliphatic carbocycles. The van der Waals surface area contributed by atoms with E-state index in [9.17, 15) is 0 Å². The number of methoxy groups -OCH3 is 1. The van der Waals surface area contributed by atoms with Crippen LogP contribution in [0.4, 0.5) is 0 Å². The minimum absolute atomic E-state index is 0.468. The van der Waals surface area contributed by atoms with Gasteiger partial charge in [0.2, 0.25) is 0 Å². The SMILES string of the molecule is COc1cc(C)ccc1OCCOCCOc1cc(C)c(Br)cc1C. The molecule has 0 spiro atoms. The summed E-state index contributed by atoms with van der Waals surface area (Å²) in [6, 6.07) is 9.96. The number of benzene rings is 2. The number of halogens is 1. The van der Waals surface area contributed by atoms with Crippen molar-refractivity contribution in [2.75, 3.05) is 33.5 Å². The summed E-state index contributed by atoms with van der Waals surface area (Å²) in [6.45, 7) is 8.09. The highest BCUT2D eigenvalue weighted by Gasteiger charge is 2.05. The molecule has 2 aromatic rings. The van der Waals surface area contributed by atoms with Gasteiger partial charge >= 0.3 is 0 Å². The highest BCUT2D eigenvalue weighted by molar-refractivity contribution is 9.10. The van der Waals surface area contributed by atoms with Gasteiger partial charge in [0.1, 0.15) is 19.0 Å². The monoisotopic (exact) mass is 408 g/mol. The molecule has 0 heterocycles. The van der Waals surface area contributed by atoms with Crippen molar-refractivity contribution in [3.63, 3.8) is 0 Å². The lowest BCUT2D eigenvalue weighted by Crippen LogP contribution is -2.12. The van der Waals surface area contributed by atoms with E-state index in [0.717, 1.165) is 38.4 Å². The fourth-order valence-corrected chi connectivity index (χ4v) is 2.79. The third-order valence-electron chi connectivity index (χ3n) is 3.75. The Morgan fingerprint density at radius 1 is 0.760 bits per heavy atom. The van der Waals surface area contributed by atoms with Crippen LogP contribution in [0.3, 0.4) is 0 Å². The van der Waals surface area contributed by atoms with E-state index in [2.05, 4.69) is 22.0 Å². The Hall–Kier alpha value is -1.72. The van der Waals surface area contributed by atoms with Gasteiger partial charge in [0.05, 0.1) is 20.3 Å². The molecule has 0 amide bonds.